The summed E-state index contributed by atoms with van der Waals surface area (Å²) < 4.78 is 0. The van der Waals surface area contributed by atoms with Crippen molar-refractivity contribution in [2.24, 2.45) is 0 Å². The maximum atomic E-state index is 4.22. The van der Waals surface area contributed by atoms with Crippen LogP contribution in [0.5, 0.6) is 0 Å². The van der Waals surface area contributed by atoms with Crippen molar-refractivity contribution in [1.82, 2.24) is 9.97 Å². The monoisotopic (exact) mass is 240 g/mol. The molecule has 1 aromatic carbocycles. The third kappa shape index (κ3) is 2.77. The van der Waals surface area contributed by atoms with E-state index in [4.69, 9.17) is 0 Å². The van der Waals surface area contributed by atoms with Crippen LogP contribution in [-0.2, 0) is 0 Å². The summed E-state index contributed by atoms with van der Waals surface area (Å²) in [4.78, 5) is 8.44. The van der Waals surface area contributed by atoms with Crippen molar-refractivity contribution in [3.8, 4) is 0 Å². The van der Waals surface area contributed by atoms with Gasteiger partial charge in [0.2, 0.25) is 0 Å². The number of nitrogens with one attached hydrogen (secondary N) is 2. The molecule has 1 aliphatic rings. The number of anilines is 3. The van der Waals surface area contributed by atoms with Gasteiger partial charge in [0.25, 0.3) is 0 Å². The largest absolute Gasteiger partial charge is 0.367 e. The van der Waals surface area contributed by atoms with Crippen LogP contribution in [0.15, 0.2) is 36.7 Å². The van der Waals surface area contributed by atoms with E-state index in [-0.39, 0.29) is 0 Å². The first-order valence-electron chi connectivity index (χ1n) is 6.22. The van der Waals surface area contributed by atoms with Gasteiger partial charge < -0.3 is 10.6 Å². The van der Waals surface area contributed by atoms with Crippen LogP contribution in [0.25, 0.3) is 0 Å². The van der Waals surface area contributed by atoms with E-state index < -0.39 is 0 Å². The number of aryl methyl sites for hydroxylation is 1. The number of hydrogen-bond donors (Lipinski definition) is 2. The molecule has 4 nitrogen and oxygen atoms in total. The Morgan fingerprint density at radius 2 is 1.78 bits per heavy atom. The van der Waals surface area contributed by atoms with E-state index in [2.05, 4.69) is 39.7 Å². The van der Waals surface area contributed by atoms with Crippen LogP contribution in [0.2, 0.25) is 0 Å². The Balaban J connectivity index is 1.73. The molecule has 0 saturated heterocycles. The molecule has 1 aromatic heterocycles. The fraction of sp³-hybridized carbons (Fsp3) is 0.286. The molecule has 0 unspecified atom stereocenters. The lowest BCUT2D eigenvalue weighted by Crippen LogP contribution is -2.04. The molecule has 3 rings (SSSR count). The zero-order valence-electron chi connectivity index (χ0n) is 10.4. The van der Waals surface area contributed by atoms with Gasteiger partial charge in [-0.2, -0.15) is 0 Å². The van der Waals surface area contributed by atoms with Crippen LogP contribution in [0.1, 0.15) is 18.4 Å². The molecule has 0 spiro atoms. The summed E-state index contributed by atoms with van der Waals surface area (Å²) in [6.07, 6.45) is 4.07. The quantitative estimate of drug-likeness (QED) is 0.862. The first-order chi connectivity index (χ1) is 8.79. The Bertz CT molecular complexity index is 532. The first kappa shape index (κ1) is 11.0. The predicted molar refractivity (Wildman–Crippen MR) is 73.1 cm³/mol. The Morgan fingerprint density at radius 3 is 2.50 bits per heavy atom. The van der Waals surface area contributed by atoms with Crippen molar-refractivity contribution in [2.45, 2.75) is 25.8 Å². The summed E-state index contributed by atoms with van der Waals surface area (Å²) in [6, 6.07) is 10.8. The standard InChI is InChI=1S/C14H16N4/c1-10-2-4-11(5-3-10)17-13-8-14(16-9-15-13)18-12-6-7-12/h2-5,8-9,12H,6-7H2,1H3,(H2,15,16,17,18). The SMILES string of the molecule is Cc1ccc(Nc2cc(NC3CC3)ncn2)cc1. The van der Waals surface area contributed by atoms with E-state index in [1.807, 2.05) is 18.2 Å². The van der Waals surface area contributed by atoms with Gasteiger partial charge in [0, 0.05) is 17.8 Å². The van der Waals surface area contributed by atoms with Crippen LogP contribution in [0.4, 0.5) is 17.3 Å². The molecule has 0 bridgehead atoms. The smallest absolute Gasteiger partial charge is 0.135 e. The van der Waals surface area contributed by atoms with Gasteiger partial charge in [0.1, 0.15) is 18.0 Å². The third-order valence-corrected chi connectivity index (χ3v) is 2.92. The van der Waals surface area contributed by atoms with Crippen LogP contribution >= 0.6 is 0 Å². The third-order valence-electron chi connectivity index (χ3n) is 2.92. The normalized spacial score (nSPS) is 14.3. The van der Waals surface area contributed by atoms with Gasteiger partial charge in [-0.15, -0.1) is 0 Å². The molecule has 2 N–H and O–H groups in total. The predicted octanol–water partition coefficient (Wildman–Crippen LogP) is 3.10. The molecule has 18 heavy (non-hydrogen) atoms. The number of nitrogens with zero attached hydrogens (tertiary/aromatic N) is 2. The van der Waals surface area contributed by atoms with Crippen LogP contribution < -0.4 is 10.6 Å². The summed E-state index contributed by atoms with van der Waals surface area (Å²) in [7, 11) is 0. The second-order valence-electron chi connectivity index (χ2n) is 4.70. The van der Waals surface area contributed by atoms with Crippen molar-refractivity contribution in [1.29, 1.82) is 0 Å². The first-order valence-corrected chi connectivity index (χ1v) is 6.22. The van der Waals surface area contributed by atoms with E-state index in [1.165, 1.54) is 18.4 Å². The molecule has 0 aliphatic heterocycles. The molecule has 1 heterocycles. The molecule has 0 amide bonds. The van der Waals surface area contributed by atoms with Crippen molar-refractivity contribution < 1.29 is 0 Å². The number of rotatable bonds is 4. The average molecular weight is 240 g/mol. The lowest BCUT2D eigenvalue weighted by atomic mass is 10.2. The van der Waals surface area contributed by atoms with Crippen molar-refractivity contribution >= 4 is 17.3 Å². The molecule has 1 aliphatic carbocycles. The Hall–Kier alpha value is -2.10. The average Bonchev–Trinajstić information content (AvgIpc) is 3.17. The second kappa shape index (κ2) is 4.64. The summed E-state index contributed by atoms with van der Waals surface area (Å²) in [6.45, 7) is 2.08. The molecule has 1 saturated carbocycles. The zero-order valence-corrected chi connectivity index (χ0v) is 10.4. The molecular formula is C14H16N4. The molecule has 92 valence electrons. The lowest BCUT2D eigenvalue weighted by molar-refractivity contribution is 1.08. The summed E-state index contributed by atoms with van der Waals surface area (Å²) in [5.41, 5.74) is 2.29. The maximum Gasteiger partial charge on any atom is 0.135 e. The van der Waals surface area contributed by atoms with Gasteiger partial charge in [0.05, 0.1) is 0 Å². The topological polar surface area (TPSA) is 49.8 Å². The Morgan fingerprint density at radius 1 is 1.06 bits per heavy atom. The summed E-state index contributed by atoms with van der Waals surface area (Å²) in [5, 5.41) is 6.63. The molecule has 4 heteroatoms. The minimum Gasteiger partial charge on any atom is -0.367 e. The van der Waals surface area contributed by atoms with Gasteiger partial charge in [-0.25, -0.2) is 9.97 Å². The van der Waals surface area contributed by atoms with Crippen molar-refractivity contribution in [3.05, 3.63) is 42.2 Å². The number of aromatic nitrogens is 2. The van der Waals surface area contributed by atoms with E-state index in [9.17, 15) is 0 Å². The minimum absolute atomic E-state index is 0.604. The van der Waals surface area contributed by atoms with Gasteiger partial charge in [-0.05, 0) is 31.9 Å². The Kier molecular flexibility index (Phi) is 2.84. The fourth-order valence-electron chi connectivity index (χ4n) is 1.73. The molecule has 1 fully saturated rings. The van der Waals surface area contributed by atoms with E-state index in [0.717, 1.165) is 17.3 Å². The molecule has 2 aromatic rings. The van der Waals surface area contributed by atoms with Gasteiger partial charge in [-0.3, -0.25) is 0 Å². The summed E-state index contributed by atoms with van der Waals surface area (Å²) >= 11 is 0. The van der Waals surface area contributed by atoms with Gasteiger partial charge in [0.15, 0.2) is 0 Å². The molecular weight excluding hydrogens is 224 g/mol. The highest BCUT2D eigenvalue weighted by Gasteiger charge is 2.21. The van der Waals surface area contributed by atoms with Gasteiger partial charge >= 0.3 is 0 Å². The van der Waals surface area contributed by atoms with Crippen molar-refractivity contribution in [3.63, 3.8) is 0 Å². The highest BCUT2D eigenvalue weighted by Crippen LogP contribution is 2.24. The van der Waals surface area contributed by atoms with Crippen LogP contribution in [0, 0.1) is 6.92 Å². The zero-order chi connectivity index (χ0) is 12.4. The van der Waals surface area contributed by atoms with E-state index in [1.54, 1.807) is 6.33 Å². The number of hydrogen-bond acceptors (Lipinski definition) is 4. The second-order valence-corrected chi connectivity index (χ2v) is 4.70. The maximum absolute atomic E-state index is 4.22. The molecule has 0 radical (unpaired) electrons. The van der Waals surface area contributed by atoms with E-state index >= 15 is 0 Å². The van der Waals surface area contributed by atoms with Gasteiger partial charge in [-0.1, -0.05) is 17.7 Å². The summed E-state index contributed by atoms with van der Waals surface area (Å²) in [5.74, 6) is 1.71. The minimum atomic E-state index is 0.604. The van der Waals surface area contributed by atoms with E-state index in [0.29, 0.717) is 6.04 Å². The van der Waals surface area contributed by atoms with Crippen LogP contribution in [-0.4, -0.2) is 16.0 Å². The fourth-order valence-corrected chi connectivity index (χ4v) is 1.73. The van der Waals surface area contributed by atoms with Crippen molar-refractivity contribution in [2.75, 3.05) is 10.6 Å². The van der Waals surface area contributed by atoms with Crippen LogP contribution in [0.3, 0.4) is 0 Å². The Labute approximate surface area is 106 Å². The highest BCUT2D eigenvalue weighted by molar-refractivity contribution is 5.59. The lowest BCUT2D eigenvalue weighted by Gasteiger charge is -2.08. The molecule has 0 atom stereocenters. The number of benzene rings is 1. The highest BCUT2D eigenvalue weighted by atomic mass is 15.1.